The second-order valence-electron chi connectivity index (χ2n) is 7.06. The van der Waals surface area contributed by atoms with Gasteiger partial charge in [0, 0.05) is 26.2 Å². The number of hydrogen-bond acceptors (Lipinski definition) is 3. The van der Waals surface area contributed by atoms with Gasteiger partial charge in [0.05, 0.1) is 0 Å². The van der Waals surface area contributed by atoms with E-state index in [0.717, 1.165) is 31.4 Å². The van der Waals surface area contributed by atoms with Crippen LogP contribution in [0.5, 0.6) is 0 Å². The van der Waals surface area contributed by atoms with Crippen LogP contribution in [0, 0.1) is 5.92 Å². The van der Waals surface area contributed by atoms with Crippen LogP contribution in [0.4, 0.5) is 4.79 Å². The minimum Gasteiger partial charge on any atom is -0.444 e. The molecule has 1 saturated carbocycles. The first-order valence-electron chi connectivity index (χ1n) is 8.89. The fourth-order valence-electron chi connectivity index (χ4n) is 2.12. The summed E-state index contributed by atoms with van der Waals surface area (Å²) in [6.45, 7) is 10.7. The summed E-state index contributed by atoms with van der Waals surface area (Å²) in [6.07, 6.45) is 5.78. The summed E-state index contributed by atoms with van der Waals surface area (Å²) in [7, 11) is 0. The van der Waals surface area contributed by atoms with Crippen molar-refractivity contribution in [3.8, 4) is 0 Å². The predicted octanol–water partition coefficient (Wildman–Crippen LogP) is 3.26. The Morgan fingerprint density at radius 2 is 1.79 bits per heavy atom. The normalized spacial score (nSPS) is 14.6. The average molecular weight is 454 g/mol. The van der Waals surface area contributed by atoms with Gasteiger partial charge in [0.1, 0.15) is 5.60 Å². The number of alkyl carbamates (subject to hydrolysis) is 1. The van der Waals surface area contributed by atoms with Crippen molar-refractivity contribution < 1.29 is 9.53 Å². The molecule has 0 saturated heterocycles. The van der Waals surface area contributed by atoms with Crippen molar-refractivity contribution >= 4 is 36.0 Å². The third-order valence-electron chi connectivity index (χ3n) is 3.40. The zero-order valence-electron chi connectivity index (χ0n) is 15.6. The van der Waals surface area contributed by atoms with E-state index in [1.54, 1.807) is 0 Å². The molecule has 1 aliphatic rings. The Balaban J connectivity index is 0.00000529. The average Bonchev–Trinajstić information content (AvgIpc) is 3.25. The molecular weight excluding hydrogens is 419 g/mol. The molecular formula is C17H35IN4O2. The molecule has 0 aliphatic heterocycles. The molecule has 3 N–H and O–H groups in total. The molecule has 0 aromatic heterocycles. The van der Waals surface area contributed by atoms with Crippen molar-refractivity contribution in [2.75, 3.05) is 26.2 Å². The van der Waals surface area contributed by atoms with Gasteiger partial charge in [-0.05, 0) is 52.9 Å². The van der Waals surface area contributed by atoms with E-state index >= 15 is 0 Å². The summed E-state index contributed by atoms with van der Waals surface area (Å²) in [4.78, 5) is 16.0. The van der Waals surface area contributed by atoms with Gasteiger partial charge in [0.2, 0.25) is 0 Å². The lowest BCUT2D eigenvalue weighted by Crippen LogP contribution is -2.38. The topological polar surface area (TPSA) is 74.8 Å². The highest BCUT2D eigenvalue weighted by Crippen LogP contribution is 2.33. The molecule has 0 unspecified atom stereocenters. The van der Waals surface area contributed by atoms with E-state index in [0.29, 0.717) is 13.1 Å². The molecule has 0 aromatic rings. The molecule has 1 rings (SSSR count). The molecule has 1 aliphatic carbocycles. The number of nitrogens with zero attached hydrogens (tertiary/aromatic N) is 1. The maximum Gasteiger partial charge on any atom is 0.407 e. The number of ether oxygens (including phenoxy) is 1. The van der Waals surface area contributed by atoms with Crippen molar-refractivity contribution in [1.82, 2.24) is 16.0 Å². The first-order valence-corrected chi connectivity index (χ1v) is 8.89. The van der Waals surface area contributed by atoms with Crippen LogP contribution in [0.1, 0.15) is 59.8 Å². The highest BCUT2D eigenvalue weighted by atomic mass is 127. The minimum absolute atomic E-state index is 0. The Bertz CT molecular complexity index is 379. The van der Waals surface area contributed by atoms with Gasteiger partial charge in [-0.1, -0.05) is 12.8 Å². The second kappa shape index (κ2) is 12.6. The number of rotatable bonds is 9. The smallest absolute Gasteiger partial charge is 0.407 e. The van der Waals surface area contributed by atoms with E-state index in [4.69, 9.17) is 4.74 Å². The van der Waals surface area contributed by atoms with E-state index in [1.165, 1.54) is 25.7 Å². The van der Waals surface area contributed by atoms with Gasteiger partial charge in [0.15, 0.2) is 5.96 Å². The number of guanidine groups is 1. The maximum atomic E-state index is 11.5. The molecule has 7 heteroatoms. The van der Waals surface area contributed by atoms with Gasteiger partial charge in [-0.15, -0.1) is 24.0 Å². The van der Waals surface area contributed by atoms with Crippen LogP contribution in [0.3, 0.4) is 0 Å². The lowest BCUT2D eigenvalue weighted by molar-refractivity contribution is 0.0527. The fourth-order valence-corrected chi connectivity index (χ4v) is 2.12. The molecule has 0 bridgehead atoms. The first-order chi connectivity index (χ1) is 10.9. The SMILES string of the molecule is CCNC(=NCCCNC(=O)OC(C)(C)C)NCCCC1CC1.I. The summed E-state index contributed by atoms with van der Waals surface area (Å²) in [5, 5.41) is 9.35. The number of carbonyl (C=O) groups is 1. The molecule has 0 atom stereocenters. The minimum atomic E-state index is -0.454. The van der Waals surface area contributed by atoms with Crippen LogP contribution in [-0.2, 0) is 4.74 Å². The third-order valence-corrected chi connectivity index (χ3v) is 3.40. The van der Waals surface area contributed by atoms with E-state index in [1.807, 2.05) is 20.8 Å². The summed E-state index contributed by atoms with van der Waals surface area (Å²) in [6, 6.07) is 0. The molecule has 0 spiro atoms. The van der Waals surface area contributed by atoms with Gasteiger partial charge < -0.3 is 20.7 Å². The monoisotopic (exact) mass is 454 g/mol. The van der Waals surface area contributed by atoms with Crippen molar-refractivity contribution in [3.63, 3.8) is 0 Å². The summed E-state index contributed by atoms with van der Waals surface area (Å²) >= 11 is 0. The Hall–Kier alpha value is -0.730. The van der Waals surface area contributed by atoms with Gasteiger partial charge >= 0.3 is 6.09 Å². The number of carbonyl (C=O) groups excluding carboxylic acids is 1. The van der Waals surface area contributed by atoms with Crippen molar-refractivity contribution in [3.05, 3.63) is 0 Å². The lowest BCUT2D eigenvalue weighted by Gasteiger charge is -2.19. The van der Waals surface area contributed by atoms with Crippen molar-refractivity contribution in [2.24, 2.45) is 10.9 Å². The lowest BCUT2D eigenvalue weighted by atomic mass is 10.2. The molecule has 0 radical (unpaired) electrons. The van der Waals surface area contributed by atoms with Crippen molar-refractivity contribution in [1.29, 1.82) is 0 Å². The van der Waals surface area contributed by atoms with Gasteiger partial charge in [-0.3, -0.25) is 4.99 Å². The summed E-state index contributed by atoms with van der Waals surface area (Å²) in [5.74, 6) is 1.84. The van der Waals surface area contributed by atoms with E-state index < -0.39 is 5.60 Å². The number of nitrogens with one attached hydrogen (secondary N) is 3. The highest BCUT2D eigenvalue weighted by molar-refractivity contribution is 14.0. The van der Waals surface area contributed by atoms with Crippen LogP contribution in [0.15, 0.2) is 4.99 Å². The standard InChI is InChI=1S/C17H34N4O2.HI/c1-5-18-15(19-11-6-8-14-9-10-14)20-12-7-13-21-16(22)23-17(2,3)4;/h14H,5-13H2,1-4H3,(H,21,22)(H2,18,19,20);1H. The van der Waals surface area contributed by atoms with E-state index in [-0.39, 0.29) is 30.1 Å². The zero-order chi connectivity index (χ0) is 17.1. The number of hydrogen-bond donors (Lipinski definition) is 3. The Morgan fingerprint density at radius 3 is 2.38 bits per heavy atom. The van der Waals surface area contributed by atoms with Crippen molar-refractivity contribution in [2.45, 2.75) is 65.4 Å². The molecule has 6 nitrogen and oxygen atoms in total. The van der Waals surface area contributed by atoms with Crippen LogP contribution in [0.2, 0.25) is 0 Å². The van der Waals surface area contributed by atoms with Crippen LogP contribution >= 0.6 is 24.0 Å². The molecule has 0 heterocycles. The highest BCUT2D eigenvalue weighted by Gasteiger charge is 2.20. The number of aliphatic imine (C=N–C) groups is 1. The Kier molecular flexibility index (Phi) is 12.2. The van der Waals surface area contributed by atoms with Gasteiger partial charge in [-0.25, -0.2) is 4.79 Å². The fraction of sp³-hybridized carbons (Fsp3) is 0.882. The summed E-state index contributed by atoms with van der Waals surface area (Å²) in [5.41, 5.74) is -0.454. The zero-order valence-corrected chi connectivity index (χ0v) is 17.9. The van der Waals surface area contributed by atoms with Gasteiger partial charge in [-0.2, -0.15) is 0 Å². The molecule has 0 aromatic carbocycles. The third kappa shape index (κ3) is 13.7. The van der Waals surface area contributed by atoms with Crippen LogP contribution < -0.4 is 16.0 Å². The van der Waals surface area contributed by atoms with E-state index in [9.17, 15) is 4.79 Å². The predicted molar refractivity (Wildman–Crippen MR) is 110 cm³/mol. The van der Waals surface area contributed by atoms with Gasteiger partial charge in [0.25, 0.3) is 0 Å². The first kappa shape index (κ1) is 23.3. The quantitative estimate of drug-likeness (QED) is 0.216. The number of amides is 1. The number of halogens is 1. The molecule has 142 valence electrons. The maximum absolute atomic E-state index is 11.5. The summed E-state index contributed by atoms with van der Waals surface area (Å²) < 4.78 is 5.18. The van der Waals surface area contributed by atoms with Crippen LogP contribution in [-0.4, -0.2) is 43.8 Å². The largest absolute Gasteiger partial charge is 0.444 e. The molecule has 24 heavy (non-hydrogen) atoms. The van der Waals surface area contributed by atoms with E-state index in [2.05, 4.69) is 27.9 Å². The Labute approximate surface area is 164 Å². The van der Waals surface area contributed by atoms with Crippen LogP contribution in [0.25, 0.3) is 0 Å². The molecule has 1 amide bonds. The Morgan fingerprint density at radius 1 is 1.12 bits per heavy atom. The second-order valence-corrected chi connectivity index (χ2v) is 7.06. The molecule has 1 fully saturated rings.